The van der Waals surface area contributed by atoms with Gasteiger partial charge in [0.05, 0.1) is 11.0 Å². The number of imide groups is 1. The van der Waals surface area contributed by atoms with Gasteiger partial charge >= 0.3 is 0 Å². The van der Waals surface area contributed by atoms with Gasteiger partial charge in [-0.2, -0.15) is 0 Å². The number of anilines is 1. The maximum Gasteiger partial charge on any atom is 0.269 e. The van der Waals surface area contributed by atoms with Gasteiger partial charge < -0.3 is 26.6 Å². The summed E-state index contributed by atoms with van der Waals surface area (Å²) in [5.74, 6) is -3.10. The monoisotopic (exact) mass is 617 g/mol. The molecule has 15 heteroatoms. The number of nitrogens with one attached hydrogen (secondary N) is 5. The fraction of sp³-hybridized carbons (Fsp3) is 0.586. The Balaban J connectivity index is 1.92. The maximum atomic E-state index is 13.1. The molecular weight excluding hydrogens is 574 g/mol. The minimum absolute atomic E-state index is 0.0529. The highest BCUT2D eigenvalue weighted by atomic mass is 16.6. The molecule has 0 bridgehead atoms. The second-order valence-electron chi connectivity index (χ2n) is 11.6. The van der Waals surface area contributed by atoms with Gasteiger partial charge in [-0.1, -0.05) is 27.7 Å². The predicted molar refractivity (Wildman–Crippen MR) is 161 cm³/mol. The van der Waals surface area contributed by atoms with Crippen molar-refractivity contribution >= 4 is 46.8 Å². The van der Waals surface area contributed by atoms with Crippen LogP contribution in [0.4, 0.5) is 11.4 Å². The van der Waals surface area contributed by atoms with E-state index in [9.17, 15) is 38.9 Å². The zero-order valence-corrected chi connectivity index (χ0v) is 26.1. The van der Waals surface area contributed by atoms with E-state index < -0.39 is 58.8 Å². The van der Waals surface area contributed by atoms with E-state index in [1.165, 1.54) is 45.0 Å². The maximum absolute atomic E-state index is 13.1. The molecule has 1 saturated heterocycles. The quantitative estimate of drug-likeness (QED) is 0.107. The van der Waals surface area contributed by atoms with Gasteiger partial charge in [-0.3, -0.25) is 43.8 Å². The third kappa shape index (κ3) is 9.82. The Labute approximate surface area is 256 Å². The third-order valence-corrected chi connectivity index (χ3v) is 7.35. The highest BCUT2D eigenvalue weighted by Crippen LogP contribution is 2.17. The predicted octanol–water partition coefficient (Wildman–Crippen LogP) is 0.835. The number of nitro benzene ring substituents is 1. The standard InChI is InChI=1S/C29H43N7O8/c1-15(2)22(34-28(41)19(7)35-23(37)12-13-24(35)38)14-30-25(16(3)4)29(42)32-17(5)26(39)31-18(6)27(40)33-20-8-10-21(11-9-20)36(43)44/h8-11,15-19,22,25,30H,12-14H2,1-7H3,(H,31,39)(H,32,42)(H,33,40)(H,34,41)/t17-,18-,19-,22+,25-/m0/s1. The van der Waals surface area contributed by atoms with Crippen molar-refractivity contribution in [2.75, 3.05) is 11.9 Å². The van der Waals surface area contributed by atoms with E-state index in [0.717, 1.165) is 4.90 Å². The normalized spacial score (nSPS) is 16.6. The summed E-state index contributed by atoms with van der Waals surface area (Å²) in [5, 5.41) is 24.6. The molecule has 1 aliphatic heterocycles. The van der Waals surface area contributed by atoms with Crippen LogP contribution in [-0.4, -0.2) is 82.0 Å². The van der Waals surface area contributed by atoms with E-state index in [-0.39, 0.29) is 48.7 Å². The number of hydrogen-bond acceptors (Lipinski definition) is 9. The first-order valence-corrected chi connectivity index (χ1v) is 14.6. The Morgan fingerprint density at radius 1 is 0.773 bits per heavy atom. The van der Waals surface area contributed by atoms with Crippen molar-refractivity contribution in [1.29, 1.82) is 0 Å². The number of nitro groups is 1. The molecule has 15 nitrogen and oxygen atoms in total. The van der Waals surface area contributed by atoms with Crippen LogP contribution in [0.15, 0.2) is 24.3 Å². The lowest BCUT2D eigenvalue weighted by Gasteiger charge is -2.30. The molecule has 0 spiro atoms. The van der Waals surface area contributed by atoms with Crippen LogP contribution in [0.3, 0.4) is 0 Å². The number of non-ortho nitro benzene ring substituents is 1. The molecule has 0 aliphatic carbocycles. The lowest BCUT2D eigenvalue weighted by molar-refractivity contribution is -0.384. The Kier molecular flexibility index (Phi) is 12.9. The summed E-state index contributed by atoms with van der Waals surface area (Å²) >= 11 is 0. The number of benzene rings is 1. The fourth-order valence-electron chi connectivity index (χ4n) is 4.47. The lowest BCUT2D eigenvalue weighted by atomic mass is 9.99. The molecule has 0 saturated carbocycles. The Morgan fingerprint density at radius 2 is 1.30 bits per heavy atom. The van der Waals surface area contributed by atoms with Crippen molar-refractivity contribution in [3.8, 4) is 0 Å². The first kappa shape index (κ1) is 35.8. The fourth-order valence-corrected chi connectivity index (χ4v) is 4.47. The average molecular weight is 618 g/mol. The molecule has 0 radical (unpaired) electrons. The smallest absolute Gasteiger partial charge is 0.269 e. The summed E-state index contributed by atoms with van der Waals surface area (Å²) in [6.07, 6.45) is 0.170. The van der Waals surface area contributed by atoms with Crippen molar-refractivity contribution < 1.29 is 33.7 Å². The van der Waals surface area contributed by atoms with Crippen LogP contribution in [0.2, 0.25) is 0 Å². The van der Waals surface area contributed by atoms with Crippen LogP contribution in [0.25, 0.3) is 0 Å². The molecule has 44 heavy (non-hydrogen) atoms. The minimum atomic E-state index is -0.989. The average Bonchev–Trinajstić information content (AvgIpc) is 3.28. The van der Waals surface area contributed by atoms with Gasteiger partial charge in [0.1, 0.15) is 18.1 Å². The molecule has 1 aromatic carbocycles. The topological polar surface area (TPSA) is 209 Å². The minimum Gasteiger partial charge on any atom is -0.350 e. The van der Waals surface area contributed by atoms with Gasteiger partial charge in [-0.05, 0) is 44.7 Å². The highest BCUT2D eigenvalue weighted by Gasteiger charge is 2.37. The van der Waals surface area contributed by atoms with Crippen LogP contribution in [0, 0.1) is 22.0 Å². The van der Waals surface area contributed by atoms with E-state index in [2.05, 4.69) is 26.6 Å². The molecule has 242 valence electrons. The summed E-state index contributed by atoms with van der Waals surface area (Å²) in [6, 6.07) is 1.15. The highest BCUT2D eigenvalue weighted by molar-refractivity contribution is 6.05. The van der Waals surface area contributed by atoms with Gasteiger partial charge in [0.15, 0.2) is 0 Å². The van der Waals surface area contributed by atoms with Crippen molar-refractivity contribution in [2.24, 2.45) is 11.8 Å². The molecule has 2 rings (SSSR count). The molecule has 1 aliphatic rings. The number of nitrogens with zero attached hydrogens (tertiary/aromatic N) is 2. The molecule has 1 aromatic rings. The van der Waals surface area contributed by atoms with Gasteiger partial charge in [0, 0.05) is 43.2 Å². The summed E-state index contributed by atoms with van der Waals surface area (Å²) in [6.45, 7) is 12.1. The van der Waals surface area contributed by atoms with Crippen molar-refractivity contribution in [3.63, 3.8) is 0 Å². The largest absolute Gasteiger partial charge is 0.350 e. The summed E-state index contributed by atoms with van der Waals surface area (Å²) in [5.41, 5.74) is 0.187. The number of likely N-dealkylation sites (tertiary alicyclic amines) is 1. The first-order valence-electron chi connectivity index (χ1n) is 14.6. The van der Waals surface area contributed by atoms with Crippen molar-refractivity contribution in [1.82, 2.24) is 26.2 Å². The van der Waals surface area contributed by atoms with E-state index in [1.54, 1.807) is 0 Å². The van der Waals surface area contributed by atoms with Crippen LogP contribution in [-0.2, 0) is 28.8 Å². The van der Waals surface area contributed by atoms with E-state index >= 15 is 0 Å². The first-order chi connectivity index (χ1) is 20.5. The summed E-state index contributed by atoms with van der Waals surface area (Å²) in [7, 11) is 0. The summed E-state index contributed by atoms with van der Waals surface area (Å²) < 4.78 is 0. The second-order valence-corrected chi connectivity index (χ2v) is 11.6. The Morgan fingerprint density at radius 3 is 1.80 bits per heavy atom. The van der Waals surface area contributed by atoms with Gasteiger partial charge in [0.25, 0.3) is 5.69 Å². The molecule has 1 fully saturated rings. The zero-order valence-electron chi connectivity index (χ0n) is 26.1. The van der Waals surface area contributed by atoms with E-state index in [4.69, 9.17) is 0 Å². The molecule has 0 aromatic heterocycles. The molecule has 6 amide bonds. The molecule has 1 heterocycles. The van der Waals surface area contributed by atoms with Crippen LogP contribution in [0.5, 0.6) is 0 Å². The molecule has 0 unspecified atom stereocenters. The number of carbonyl (C=O) groups is 6. The third-order valence-electron chi connectivity index (χ3n) is 7.35. The molecular formula is C29H43N7O8. The number of carbonyl (C=O) groups excluding carboxylic acids is 6. The van der Waals surface area contributed by atoms with Gasteiger partial charge in [-0.15, -0.1) is 0 Å². The number of amides is 6. The van der Waals surface area contributed by atoms with Crippen LogP contribution in [0.1, 0.15) is 61.3 Å². The van der Waals surface area contributed by atoms with Crippen molar-refractivity contribution in [2.45, 2.75) is 91.5 Å². The van der Waals surface area contributed by atoms with E-state index in [0.29, 0.717) is 5.69 Å². The summed E-state index contributed by atoms with van der Waals surface area (Å²) in [4.78, 5) is 86.6. The van der Waals surface area contributed by atoms with Gasteiger partial charge in [0.2, 0.25) is 35.4 Å². The molecule has 5 atom stereocenters. The van der Waals surface area contributed by atoms with Crippen molar-refractivity contribution in [3.05, 3.63) is 34.4 Å². The zero-order chi connectivity index (χ0) is 33.3. The van der Waals surface area contributed by atoms with Crippen LogP contribution >= 0.6 is 0 Å². The number of hydrogen-bond donors (Lipinski definition) is 5. The SMILES string of the molecule is CC(C)[C@H](NC[C@@H](NC(=O)[C@H](C)N1C(=O)CCC1=O)C(C)C)C(=O)N[C@@H](C)C(=O)N[C@@H](C)C(=O)Nc1ccc([N+](=O)[O-])cc1. The Hall–Kier alpha value is -4.40. The van der Waals surface area contributed by atoms with E-state index in [1.807, 2.05) is 27.7 Å². The second kappa shape index (κ2) is 15.9. The number of rotatable bonds is 15. The lowest BCUT2D eigenvalue weighted by Crippen LogP contribution is -2.58. The van der Waals surface area contributed by atoms with Crippen LogP contribution < -0.4 is 26.6 Å². The molecule has 5 N–H and O–H groups in total. The Bertz CT molecular complexity index is 1230. The van der Waals surface area contributed by atoms with Gasteiger partial charge in [-0.25, -0.2) is 0 Å².